The maximum absolute atomic E-state index is 8.86. The number of benzene rings is 7. The molecular formula is C45H29N5. The molecule has 0 amide bonds. The first-order valence-electron chi connectivity index (χ1n) is 18.9. The highest BCUT2D eigenvalue weighted by atomic mass is 15.2. The standard InChI is InChI=1S/C45H29N5/c1-4-15-30(16-5-1)32-19-14-20-33(29-32)44-46-43(31-17-6-2-7-18-31)47-45(48-44)50-38-26-13-11-24-36(38)42-40(50)28-27-39-41(42)35-23-10-12-25-37(35)49(39)34-21-8-3-9-22-34/h1-29H/i2D,6D,7D,17D,18D. The van der Waals surface area contributed by atoms with Crippen LogP contribution in [0.5, 0.6) is 0 Å². The van der Waals surface area contributed by atoms with Crippen LogP contribution in [0.3, 0.4) is 0 Å². The van der Waals surface area contributed by atoms with E-state index in [1.54, 1.807) is 0 Å². The topological polar surface area (TPSA) is 48.5 Å². The first-order chi connectivity index (χ1) is 26.9. The summed E-state index contributed by atoms with van der Waals surface area (Å²) in [7, 11) is 0. The van der Waals surface area contributed by atoms with Gasteiger partial charge in [-0.1, -0.05) is 133 Å². The molecule has 234 valence electrons. The molecule has 3 aromatic heterocycles. The van der Waals surface area contributed by atoms with E-state index in [0.717, 1.165) is 60.4 Å². The van der Waals surface area contributed by atoms with E-state index in [2.05, 4.69) is 59.2 Å². The van der Waals surface area contributed by atoms with Crippen molar-refractivity contribution in [1.29, 1.82) is 0 Å². The molecule has 0 N–H and O–H groups in total. The summed E-state index contributed by atoms with van der Waals surface area (Å²) >= 11 is 0. The van der Waals surface area contributed by atoms with Gasteiger partial charge in [-0.25, -0.2) is 4.98 Å². The van der Waals surface area contributed by atoms with Gasteiger partial charge in [-0.15, -0.1) is 0 Å². The first-order valence-corrected chi connectivity index (χ1v) is 16.4. The van der Waals surface area contributed by atoms with Gasteiger partial charge >= 0.3 is 0 Å². The fourth-order valence-electron chi connectivity index (χ4n) is 7.12. The second kappa shape index (κ2) is 11.4. The summed E-state index contributed by atoms with van der Waals surface area (Å²) in [4.78, 5) is 14.9. The minimum absolute atomic E-state index is 0.0187. The third kappa shape index (κ3) is 4.45. The number of nitrogens with zero attached hydrogens (tertiary/aromatic N) is 5. The van der Waals surface area contributed by atoms with Crippen molar-refractivity contribution >= 4 is 43.6 Å². The second-order valence-corrected chi connectivity index (χ2v) is 12.1. The monoisotopic (exact) mass is 644 g/mol. The van der Waals surface area contributed by atoms with Crippen LogP contribution in [0.25, 0.3) is 89.2 Å². The van der Waals surface area contributed by atoms with Crippen LogP contribution >= 0.6 is 0 Å². The van der Waals surface area contributed by atoms with Gasteiger partial charge < -0.3 is 4.57 Å². The van der Waals surface area contributed by atoms with E-state index < -0.39 is 18.1 Å². The Bertz CT molecular complexity index is 3130. The molecule has 5 heteroatoms. The predicted octanol–water partition coefficient (Wildman–Crippen LogP) is 11.1. The van der Waals surface area contributed by atoms with Crippen LogP contribution in [0.2, 0.25) is 0 Å². The van der Waals surface area contributed by atoms with Crippen LogP contribution in [-0.4, -0.2) is 24.1 Å². The van der Waals surface area contributed by atoms with Crippen LogP contribution in [0.15, 0.2) is 176 Å². The fraction of sp³-hybridized carbons (Fsp3) is 0. The van der Waals surface area contributed by atoms with E-state index in [0.29, 0.717) is 11.4 Å². The Hall–Kier alpha value is -6.85. The molecule has 10 aromatic rings. The third-order valence-corrected chi connectivity index (χ3v) is 9.26. The zero-order valence-electron chi connectivity index (χ0n) is 31.6. The van der Waals surface area contributed by atoms with Gasteiger partial charge in [0.05, 0.1) is 28.9 Å². The Morgan fingerprint density at radius 1 is 0.400 bits per heavy atom. The summed E-state index contributed by atoms with van der Waals surface area (Å²) in [6.07, 6.45) is 0. The summed E-state index contributed by atoms with van der Waals surface area (Å²) < 4.78 is 47.1. The van der Waals surface area contributed by atoms with E-state index in [1.807, 2.05) is 95.6 Å². The van der Waals surface area contributed by atoms with Crippen LogP contribution in [0.1, 0.15) is 6.85 Å². The minimum Gasteiger partial charge on any atom is -0.309 e. The van der Waals surface area contributed by atoms with Crippen LogP contribution in [0.4, 0.5) is 0 Å². The number of para-hydroxylation sites is 3. The van der Waals surface area contributed by atoms with Crippen molar-refractivity contribution in [2.45, 2.75) is 0 Å². The quantitative estimate of drug-likeness (QED) is 0.187. The number of fused-ring (bicyclic) bond motifs is 7. The molecule has 0 aliphatic heterocycles. The fourth-order valence-corrected chi connectivity index (χ4v) is 7.12. The molecule has 0 fully saturated rings. The van der Waals surface area contributed by atoms with Gasteiger partial charge in [-0.05, 0) is 53.6 Å². The van der Waals surface area contributed by atoms with E-state index in [1.165, 1.54) is 0 Å². The third-order valence-electron chi connectivity index (χ3n) is 9.26. The average molecular weight is 645 g/mol. The maximum atomic E-state index is 8.86. The lowest BCUT2D eigenvalue weighted by molar-refractivity contribution is 0.953. The van der Waals surface area contributed by atoms with E-state index in [4.69, 9.17) is 21.8 Å². The highest BCUT2D eigenvalue weighted by Crippen LogP contribution is 2.42. The lowest BCUT2D eigenvalue weighted by atomic mass is 10.0. The highest BCUT2D eigenvalue weighted by molar-refractivity contribution is 6.28. The Morgan fingerprint density at radius 2 is 0.940 bits per heavy atom. The van der Waals surface area contributed by atoms with Crippen molar-refractivity contribution in [3.63, 3.8) is 0 Å². The molecule has 3 heterocycles. The Balaban J connectivity index is 1.31. The largest absolute Gasteiger partial charge is 0.309 e. The lowest BCUT2D eigenvalue weighted by Gasteiger charge is -2.12. The highest BCUT2D eigenvalue weighted by Gasteiger charge is 2.22. The molecule has 0 unspecified atom stereocenters. The summed E-state index contributed by atoms with van der Waals surface area (Å²) in [5.74, 6) is 0.543. The van der Waals surface area contributed by atoms with Crippen molar-refractivity contribution in [3.05, 3.63) is 176 Å². The molecule has 0 saturated heterocycles. The van der Waals surface area contributed by atoms with Crippen molar-refractivity contribution in [3.8, 4) is 45.5 Å². The van der Waals surface area contributed by atoms with Gasteiger partial charge in [0.2, 0.25) is 5.95 Å². The second-order valence-electron chi connectivity index (χ2n) is 12.1. The number of hydrogen-bond donors (Lipinski definition) is 0. The zero-order valence-corrected chi connectivity index (χ0v) is 26.6. The summed E-state index contributed by atoms with van der Waals surface area (Å²) in [6, 6.07) is 46.8. The molecular weight excluding hydrogens is 611 g/mol. The van der Waals surface area contributed by atoms with Crippen molar-refractivity contribution in [2.75, 3.05) is 0 Å². The van der Waals surface area contributed by atoms with Crippen LogP contribution in [-0.2, 0) is 0 Å². The molecule has 0 atom stereocenters. The summed E-state index contributed by atoms with van der Waals surface area (Å²) in [5, 5.41) is 4.21. The maximum Gasteiger partial charge on any atom is 0.238 e. The minimum atomic E-state index is -0.482. The van der Waals surface area contributed by atoms with Crippen LogP contribution in [0, 0.1) is 0 Å². The van der Waals surface area contributed by atoms with Gasteiger partial charge in [0, 0.05) is 38.4 Å². The molecule has 0 aliphatic rings. The first kappa shape index (κ1) is 23.5. The molecule has 0 aliphatic carbocycles. The predicted molar refractivity (Wildman–Crippen MR) is 205 cm³/mol. The van der Waals surface area contributed by atoms with Gasteiger partial charge in [-0.3, -0.25) is 4.57 Å². The molecule has 5 nitrogen and oxygen atoms in total. The van der Waals surface area contributed by atoms with E-state index >= 15 is 0 Å². The number of aromatic nitrogens is 5. The Labute approximate surface area is 295 Å². The van der Waals surface area contributed by atoms with E-state index in [9.17, 15) is 0 Å². The molecule has 7 aromatic carbocycles. The number of hydrogen-bond acceptors (Lipinski definition) is 3. The average Bonchev–Trinajstić information content (AvgIpc) is 3.76. The lowest BCUT2D eigenvalue weighted by Crippen LogP contribution is -2.06. The van der Waals surface area contributed by atoms with Crippen molar-refractivity contribution in [1.82, 2.24) is 24.1 Å². The van der Waals surface area contributed by atoms with Gasteiger partial charge in [0.15, 0.2) is 11.6 Å². The van der Waals surface area contributed by atoms with Gasteiger partial charge in [-0.2, -0.15) is 9.97 Å². The van der Waals surface area contributed by atoms with Gasteiger partial charge in [0.1, 0.15) is 0 Å². The normalized spacial score (nSPS) is 13.0. The van der Waals surface area contributed by atoms with Crippen molar-refractivity contribution < 1.29 is 6.85 Å². The van der Waals surface area contributed by atoms with Crippen molar-refractivity contribution in [2.24, 2.45) is 0 Å². The van der Waals surface area contributed by atoms with Crippen LogP contribution < -0.4 is 0 Å². The zero-order chi connectivity index (χ0) is 37.4. The molecule has 10 rings (SSSR count). The summed E-state index contributed by atoms with van der Waals surface area (Å²) in [6.45, 7) is 0. The smallest absolute Gasteiger partial charge is 0.238 e. The molecule has 0 bridgehead atoms. The Morgan fingerprint density at radius 3 is 1.64 bits per heavy atom. The molecule has 0 saturated carbocycles. The SMILES string of the molecule is [2H]c1c([2H])c([2H])c(-c2nc(-c3cccc(-c4ccccc4)c3)nc(-n3c4ccccc4c4c5c6ccccc6n(-c6ccccc6)c5ccc43)n2)c([2H])c1[2H]. The summed E-state index contributed by atoms with van der Waals surface area (Å²) in [5.41, 5.74) is 7.46. The number of rotatable bonds is 5. The molecule has 0 radical (unpaired) electrons. The van der Waals surface area contributed by atoms with Gasteiger partial charge in [0.25, 0.3) is 0 Å². The Kier molecular flexibility index (Phi) is 5.35. The molecule has 0 spiro atoms. The molecule has 50 heavy (non-hydrogen) atoms. The van der Waals surface area contributed by atoms with E-state index in [-0.39, 0.29) is 29.4 Å².